The van der Waals surface area contributed by atoms with E-state index in [1.165, 1.54) is 49.4 Å². The molecule has 0 amide bonds. The lowest BCUT2D eigenvalue weighted by atomic mass is 9.89. The van der Waals surface area contributed by atoms with Gasteiger partial charge in [-0.1, -0.05) is 74.5 Å². The number of fused-ring (bicyclic) bond motifs is 7. The van der Waals surface area contributed by atoms with Gasteiger partial charge in [0.2, 0.25) is 0 Å². The molecular weight excluding hydrogens is 316 g/mol. The van der Waals surface area contributed by atoms with Crippen molar-refractivity contribution in [2.75, 3.05) is 0 Å². The van der Waals surface area contributed by atoms with Crippen LogP contribution in [0.2, 0.25) is 0 Å². The van der Waals surface area contributed by atoms with Crippen molar-refractivity contribution in [1.29, 1.82) is 0 Å². The molecule has 0 N–H and O–H groups in total. The zero-order chi connectivity index (χ0) is 17.7. The Kier molecular flexibility index (Phi) is 3.49. The minimum absolute atomic E-state index is 0.639. The largest absolute Gasteiger partial charge is 0.488 e. The topological polar surface area (TPSA) is 9.23 Å². The Labute approximate surface area is 154 Å². The lowest BCUT2D eigenvalue weighted by molar-refractivity contribution is 0.308. The van der Waals surface area contributed by atoms with E-state index in [0.29, 0.717) is 6.61 Å². The molecule has 0 saturated carbocycles. The van der Waals surface area contributed by atoms with E-state index in [-0.39, 0.29) is 0 Å². The molecule has 0 aliphatic carbocycles. The highest BCUT2D eigenvalue weighted by molar-refractivity contribution is 6.00. The van der Waals surface area contributed by atoms with Gasteiger partial charge in [0.05, 0.1) is 0 Å². The maximum Gasteiger partial charge on any atom is 0.135 e. The Bertz CT molecular complexity index is 1060. The summed E-state index contributed by atoms with van der Waals surface area (Å²) in [6, 6.07) is 22.5. The first-order valence-electron chi connectivity index (χ1n) is 9.52. The molecule has 0 saturated heterocycles. The van der Waals surface area contributed by atoms with Crippen molar-refractivity contribution < 1.29 is 4.74 Å². The molecule has 0 atom stereocenters. The fraction of sp³-hybridized carbons (Fsp3) is 0.200. The van der Waals surface area contributed by atoms with Crippen molar-refractivity contribution in [2.24, 2.45) is 0 Å². The molecule has 1 nitrogen and oxygen atoms in total. The number of rotatable bonds is 2. The van der Waals surface area contributed by atoms with E-state index < -0.39 is 0 Å². The average molecular weight is 338 g/mol. The monoisotopic (exact) mass is 338 g/mol. The van der Waals surface area contributed by atoms with Gasteiger partial charge in [0.25, 0.3) is 0 Å². The zero-order valence-electron chi connectivity index (χ0n) is 15.3. The molecule has 0 unspecified atom stereocenters. The first-order chi connectivity index (χ1) is 12.8. The lowest BCUT2D eigenvalue weighted by Gasteiger charge is -2.24. The molecule has 1 heterocycles. The number of aryl methyl sites for hydroxylation is 2. The van der Waals surface area contributed by atoms with Crippen LogP contribution in [0.25, 0.3) is 32.7 Å². The average Bonchev–Trinajstić information content (AvgIpc) is 2.71. The summed E-state index contributed by atoms with van der Waals surface area (Å²) >= 11 is 0. The van der Waals surface area contributed by atoms with Crippen LogP contribution in [0.5, 0.6) is 5.75 Å². The van der Waals surface area contributed by atoms with Gasteiger partial charge in [-0.05, 0) is 45.7 Å². The first-order valence-corrected chi connectivity index (χ1v) is 9.52. The smallest absolute Gasteiger partial charge is 0.135 e. The molecule has 4 aromatic rings. The highest BCUT2D eigenvalue weighted by Gasteiger charge is 2.21. The van der Waals surface area contributed by atoms with Gasteiger partial charge in [0.15, 0.2) is 0 Å². The van der Waals surface area contributed by atoms with Gasteiger partial charge >= 0.3 is 0 Å². The molecule has 0 fully saturated rings. The standard InChI is InChI=1S/C25H22O/c1-3-16-5-9-20-18(13-16)7-11-22-23-12-8-19-14-17(4-2)6-10-21(19)25(23)26-15-24(20)22/h5-14H,3-4,15H2,1-2H3. The molecule has 1 aliphatic rings. The predicted octanol–water partition coefficient (Wildman–Crippen LogP) is 6.68. The van der Waals surface area contributed by atoms with Gasteiger partial charge in [0.1, 0.15) is 12.4 Å². The fourth-order valence-corrected chi connectivity index (χ4v) is 4.15. The second-order valence-corrected chi connectivity index (χ2v) is 7.14. The van der Waals surface area contributed by atoms with Crippen molar-refractivity contribution in [3.8, 4) is 16.9 Å². The van der Waals surface area contributed by atoms with Crippen LogP contribution in [0.15, 0.2) is 60.7 Å². The van der Waals surface area contributed by atoms with Gasteiger partial charge in [-0.15, -0.1) is 0 Å². The Balaban J connectivity index is 1.74. The van der Waals surface area contributed by atoms with Crippen molar-refractivity contribution >= 4 is 21.5 Å². The summed E-state index contributed by atoms with van der Waals surface area (Å²) in [5.74, 6) is 1.03. The number of ether oxygens (including phenoxy) is 1. The second kappa shape index (κ2) is 5.88. The van der Waals surface area contributed by atoms with E-state index >= 15 is 0 Å². The third kappa shape index (κ3) is 2.24. The summed E-state index contributed by atoms with van der Waals surface area (Å²) in [4.78, 5) is 0. The molecule has 4 aromatic carbocycles. The molecule has 0 bridgehead atoms. The summed E-state index contributed by atoms with van der Waals surface area (Å²) in [5, 5.41) is 5.10. The van der Waals surface area contributed by atoms with Gasteiger partial charge in [0, 0.05) is 16.5 Å². The van der Waals surface area contributed by atoms with E-state index in [9.17, 15) is 0 Å². The molecule has 5 rings (SSSR count). The normalized spacial score (nSPS) is 12.7. The van der Waals surface area contributed by atoms with Gasteiger partial charge in [-0.2, -0.15) is 0 Å². The minimum atomic E-state index is 0.639. The number of benzene rings is 4. The molecule has 0 radical (unpaired) electrons. The maximum atomic E-state index is 6.30. The summed E-state index contributed by atoms with van der Waals surface area (Å²) in [6.07, 6.45) is 2.13. The van der Waals surface area contributed by atoms with E-state index in [2.05, 4.69) is 74.5 Å². The number of hydrogen-bond acceptors (Lipinski definition) is 1. The van der Waals surface area contributed by atoms with Crippen LogP contribution in [0, 0.1) is 0 Å². The van der Waals surface area contributed by atoms with Crippen LogP contribution >= 0.6 is 0 Å². The predicted molar refractivity (Wildman–Crippen MR) is 110 cm³/mol. The molecular formula is C25H22O. The zero-order valence-corrected chi connectivity index (χ0v) is 15.3. The van der Waals surface area contributed by atoms with E-state index in [4.69, 9.17) is 4.74 Å². The SMILES string of the molecule is CCc1ccc2c3c(ccc2c1)-c1ccc2cc(CC)ccc2c1OC3. The van der Waals surface area contributed by atoms with Crippen LogP contribution in [0.1, 0.15) is 30.5 Å². The quantitative estimate of drug-likeness (QED) is 0.396. The van der Waals surface area contributed by atoms with Gasteiger partial charge in [-0.3, -0.25) is 0 Å². The first kappa shape index (κ1) is 15.5. The van der Waals surface area contributed by atoms with Gasteiger partial charge < -0.3 is 4.74 Å². The maximum absolute atomic E-state index is 6.30. The lowest BCUT2D eigenvalue weighted by Crippen LogP contribution is -2.07. The van der Waals surface area contributed by atoms with E-state index in [1.54, 1.807) is 0 Å². The molecule has 0 aromatic heterocycles. The molecule has 26 heavy (non-hydrogen) atoms. The highest BCUT2D eigenvalue weighted by atomic mass is 16.5. The fourth-order valence-electron chi connectivity index (χ4n) is 4.15. The molecule has 1 heteroatoms. The Morgan fingerprint density at radius 2 is 1.31 bits per heavy atom. The summed E-state index contributed by atoms with van der Waals surface area (Å²) < 4.78 is 6.30. The Hall–Kier alpha value is -2.80. The van der Waals surface area contributed by atoms with Crippen LogP contribution < -0.4 is 4.74 Å². The Morgan fingerprint density at radius 3 is 2.00 bits per heavy atom. The second-order valence-electron chi connectivity index (χ2n) is 7.14. The summed E-state index contributed by atoms with van der Waals surface area (Å²) in [6.45, 7) is 5.04. The third-order valence-electron chi connectivity index (χ3n) is 5.70. The minimum Gasteiger partial charge on any atom is -0.488 e. The molecule has 0 spiro atoms. The molecule has 128 valence electrons. The van der Waals surface area contributed by atoms with Crippen molar-refractivity contribution in [2.45, 2.75) is 33.3 Å². The van der Waals surface area contributed by atoms with Crippen molar-refractivity contribution in [3.63, 3.8) is 0 Å². The summed E-state index contributed by atoms with van der Waals surface area (Å²) in [5.41, 5.74) is 6.58. The Morgan fingerprint density at radius 1 is 0.692 bits per heavy atom. The van der Waals surface area contributed by atoms with Crippen LogP contribution in [-0.2, 0) is 19.4 Å². The van der Waals surface area contributed by atoms with Crippen molar-refractivity contribution in [3.05, 3.63) is 77.4 Å². The number of hydrogen-bond donors (Lipinski definition) is 0. The van der Waals surface area contributed by atoms with Crippen LogP contribution in [0.4, 0.5) is 0 Å². The third-order valence-corrected chi connectivity index (χ3v) is 5.70. The van der Waals surface area contributed by atoms with Gasteiger partial charge in [-0.25, -0.2) is 0 Å². The van der Waals surface area contributed by atoms with Crippen LogP contribution in [0.3, 0.4) is 0 Å². The summed E-state index contributed by atoms with van der Waals surface area (Å²) in [7, 11) is 0. The van der Waals surface area contributed by atoms with Crippen molar-refractivity contribution in [1.82, 2.24) is 0 Å². The van der Waals surface area contributed by atoms with E-state index in [1.807, 2.05) is 0 Å². The van der Waals surface area contributed by atoms with E-state index in [0.717, 1.165) is 18.6 Å². The highest BCUT2D eigenvalue weighted by Crippen LogP contribution is 2.44. The van der Waals surface area contributed by atoms with Crippen LogP contribution in [-0.4, -0.2) is 0 Å². The molecule has 1 aliphatic heterocycles.